The minimum absolute atomic E-state index is 0.135. The summed E-state index contributed by atoms with van der Waals surface area (Å²) in [7, 11) is 0. The van der Waals surface area contributed by atoms with Gasteiger partial charge < -0.3 is 10.3 Å². The van der Waals surface area contributed by atoms with E-state index < -0.39 is 0 Å². The number of rotatable bonds is 4. The van der Waals surface area contributed by atoms with Gasteiger partial charge in [-0.1, -0.05) is 29.9 Å². The van der Waals surface area contributed by atoms with Crippen LogP contribution in [0.2, 0.25) is 5.15 Å². The SMILES string of the molecule is CCc1cc(C(=O)NCc2csc(=O)[nH]2)cc(Cl)n1. The summed E-state index contributed by atoms with van der Waals surface area (Å²) in [5.41, 5.74) is 1.91. The first-order valence-electron chi connectivity index (χ1n) is 5.70. The Bertz CT molecular complexity index is 650. The van der Waals surface area contributed by atoms with Crippen LogP contribution in [0.5, 0.6) is 0 Å². The minimum atomic E-state index is -0.244. The maximum Gasteiger partial charge on any atom is 0.304 e. The summed E-state index contributed by atoms with van der Waals surface area (Å²) in [4.78, 5) is 29.5. The van der Waals surface area contributed by atoms with Crippen LogP contribution in [0.1, 0.15) is 28.7 Å². The van der Waals surface area contributed by atoms with Crippen molar-refractivity contribution in [2.45, 2.75) is 19.9 Å². The number of carbonyl (C=O) groups is 1. The largest absolute Gasteiger partial charge is 0.346 e. The summed E-state index contributed by atoms with van der Waals surface area (Å²) >= 11 is 6.92. The van der Waals surface area contributed by atoms with Crippen molar-refractivity contribution in [2.24, 2.45) is 0 Å². The molecule has 100 valence electrons. The Labute approximate surface area is 118 Å². The van der Waals surface area contributed by atoms with Gasteiger partial charge in [-0.05, 0) is 18.6 Å². The first-order valence-corrected chi connectivity index (χ1v) is 6.95. The number of aromatic amines is 1. The van der Waals surface area contributed by atoms with E-state index in [0.29, 0.717) is 22.8 Å². The third-order valence-corrected chi connectivity index (χ3v) is 3.39. The molecule has 0 aliphatic heterocycles. The van der Waals surface area contributed by atoms with Crippen LogP contribution in [-0.2, 0) is 13.0 Å². The molecular formula is C12H12ClN3O2S. The monoisotopic (exact) mass is 297 g/mol. The molecule has 2 rings (SSSR count). The molecule has 0 atom stereocenters. The molecule has 0 spiro atoms. The number of halogens is 1. The molecule has 0 aromatic carbocycles. The number of carbonyl (C=O) groups excluding carboxylic acids is 1. The molecule has 2 aromatic rings. The number of pyridine rings is 1. The van der Waals surface area contributed by atoms with Crippen LogP contribution in [0.25, 0.3) is 0 Å². The van der Waals surface area contributed by atoms with Crippen molar-refractivity contribution in [3.8, 4) is 0 Å². The first kappa shape index (κ1) is 13.8. The maximum absolute atomic E-state index is 12.0. The van der Waals surface area contributed by atoms with E-state index in [1.165, 1.54) is 6.07 Å². The molecular weight excluding hydrogens is 286 g/mol. The van der Waals surface area contributed by atoms with Gasteiger partial charge in [0, 0.05) is 22.3 Å². The van der Waals surface area contributed by atoms with Gasteiger partial charge >= 0.3 is 4.87 Å². The number of nitrogens with one attached hydrogen (secondary N) is 2. The number of aryl methyl sites for hydroxylation is 1. The molecule has 0 radical (unpaired) electrons. The van der Waals surface area contributed by atoms with Gasteiger partial charge in [-0.25, -0.2) is 4.98 Å². The predicted molar refractivity (Wildman–Crippen MR) is 74.7 cm³/mol. The van der Waals surface area contributed by atoms with Crippen LogP contribution in [0.4, 0.5) is 0 Å². The molecule has 2 heterocycles. The molecule has 0 bridgehead atoms. The van der Waals surface area contributed by atoms with E-state index in [1.807, 2.05) is 6.92 Å². The third kappa shape index (κ3) is 3.65. The molecule has 7 heteroatoms. The highest BCUT2D eigenvalue weighted by Gasteiger charge is 2.09. The molecule has 0 aliphatic rings. The lowest BCUT2D eigenvalue weighted by atomic mass is 10.2. The number of nitrogens with zero attached hydrogens (tertiary/aromatic N) is 1. The number of aromatic nitrogens is 2. The molecule has 2 N–H and O–H groups in total. The quantitative estimate of drug-likeness (QED) is 0.847. The number of hydrogen-bond acceptors (Lipinski definition) is 4. The van der Waals surface area contributed by atoms with Crippen molar-refractivity contribution in [2.75, 3.05) is 0 Å². The fourth-order valence-corrected chi connectivity index (χ4v) is 2.35. The Morgan fingerprint density at radius 3 is 2.95 bits per heavy atom. The topological polar surface area (TPSA) is 74.8 Å². The van der Waals surface area contributed by atoms with E-state index in [2.05, 4.69) is 15.3 Å². The second-order valence-electron chi connectivity index (χ2n) is 3.88. The van der Waals surface area contributed by atoms with Crippen molar-refractivity contribution in [3.05, 3.63) is 49.3 Å². The summed E-state index contributed by atoms with van der Waals surface area (Å²) in [5.74, 6) is -0.244. The van der Waals surface area contributed by atoms with Crippen molar-refractivity contribution in [3.63, 3.8) is 0 Å². The molecule has 1 amide bonds. The second kappa shape index (κ2) is 5.99. The van der Waals surface area contributed by atoms with Crippen LogP contribution in [0, 0.1) is 0 Å². The number of amides is 1. The van der Waals surface area contributed by atoms with Gasteiger partial charge in [0.1, 0.15) is 5.15 Å². The zero-order chi connectivity index (χ0) is 13.8. The zero-order valence-corrected chi connectivity index (χ0v) is 11.8. The number of H-pyrrole nitrogens is 1. The fraction of sp³-hybridized carbons (Fsp3) is 0.250. The van der Waals surface area contributed by atoms with Crippen LogP contribution in [0.15, 0.2) is 22.3 Å². The Morgan fingerprint density at radius 1 is 1.53 bits per heavy atom. The summed E-state index contributed by atoms with van der Waals surface area (Å²) in [6, 6.07) is 3.23. The molecule has 19 heavy (non-hydrogen) atoms. The van der Waals surface area contributed by atoms with Crippen molar-refractivity contribution < 1.29 is 4.79 Å². The fourth-order valence-electron chi connectivity index (χ4n) is 1.54. The lowest BCUT2D eigenvalue weighted by Crippen LogP contribution is -2.23. The van der Waals surface area contributed by atoms with E-state index in [0.717, 1.165) is 17.0 Å². The first-order chi connectivity index (χ1) is 9.08. The van der Waals surface area contributed by atoms with Crippen molar-refractivity contribution in [1.82, 2.24) is 15.3 Å². The standard InChI is InChI=1S/C12H12ClN3O2S/c1-2-8-3-7(4-10(13)15-8)11(17)14-5-9-6-19-12(18)16-9/h3-4,6H,2,5H2,1H3,(H,14,17)(H,16,18). The van der Waals surface area contributed by atoms with Gasteiger partial charge in [0.2, 0.25) is 0 Å². The number of hydrogen-bond donors (Lipinski definition) is 2. The molecule has 0 unspecified atom stereocenters. The van der Waals surface area contributed by atoms with Gasteiger partial charge in [0.25, 0.3) is 5.91 Å². The molecule has 2 aromatic heterocycles. The Balaban J connectivity index is 2.07. The van der Waals surface area contributed by atoms with Gasteiger partial charge in [0.05, 0.1) is 6.54 Å². The highest BCUT2D eigenvalue weighted by molar-refractivity contribution is 7.07. The Morgan fingerprint density at radius 2 is 2.32 bits per heavy atom. The normalized spacial score (nSPS) is 10.4. The van der Waals surface area contributed by atoms with E-state index in [-0.39, 0.29) is 17.3 Å². The highest BCUT2D eigenvalue weighted by Crippen LogP contribution is 2.11. The van der Waals surface area contributed by atoms with E-state index in [1.54, 1.807) is 11.4 Å². The average molecular weight is 298 g/mol. The van der Waals surface area contributed by atoms with Crippen molar-refractivity contribution in [1.29, 1.82) is 0 Å². The molecule has 0 saturated carbocycles. The molecule has 0 fully saturated rings. The second-order valence-corrected chi connectivity index (χ2v) is 5.11. The summed E-state index contributed by atoms with van der Waals surface area (Å²) in [5, 5.41) is 4.70. The number of thiazole rings is 1. The summed E-state index contributed by atoms with van der Waals surface area (Å²) < 4.78 is 0. The van der Waals surface area contributed by atoms with E-state index in [9.17, 15) is 9.59 Å². The third-order valence-electron chi connectivity index (χ3n) is 2.48. The van der Waals surface area contributed by atoms with Gasteiger partial charge in [-0.3, -0.25) is 9.59 Å². The Hall–Kier alpha value is -1.66. The van der Waals surface area contributed by atoms with Gasteiger partial charge in [-0.2, -0.15) is 0 Å². The minimum Gasteiger partial charge on any atom is -0.346 e. The molecule has 0 aliphatic carbocycles. The van der Waals surface area contributed by atoms with Gasteiger partial charge in [-0.15, -0.1) is 0 Å². The molecule has 5 nitrogen and oxygen atoms in total. The summed E-state index contributed by atoms with van der Waals surface area (Å²) in [6.45, 7) is 2.22. The predicted octanol–water partition coefficient (Wildman–Crippen LogP) is 1.98. The van der Waals surface area contributed by atoms with E-state index in [4.69, 9.17) is 11.6 Å². The maximum atomic E-state index is 12.0. The van der Waals surface area contributed by atoms with Crippen LogP contribution >= 0.6 is 22.9 Å². The smallest absolute Gasteiger partial charge is 0.304 e. The average Bonchev–Trinajstić information content (AvgIpc) is 2.81. The summed E-state index contributed by atoms with van der Waals surface area (Å²) in [6.07, 6.45) is 0.707. The van der Waals surface area contributed by atoms with E-state index >= 15 is 0 Å². The van der Waals surface area contributed by atoms with Crippen molar-refractivity contribution >= 4 is 28.8 Å². The highest BCUT2D eigenvalue weighted by atomic mass is 35.5. The van der Waals surface area contributed by atoms with Crippen LogP contribution in [0.3, 0.4) is 0 Å². The van der Waals surface area contributed by atoms with Gasteiger partial charge in [0.15, 0.2) is 0 Å². The van der Waals surface area contributed by atoms with Crippen LogP contribution < -0.4 is 10.2 Å². The Kier molecular flexibility index (Phi) is 4.34. The zero-order valence-electron chi connectivity index (χ0n) is 10.2. The lowest BCUT2D eigenvalue weighted by molar-refractivity contribution is 0.0950. The van der Waals surface area contributed by atoms with Crippen LogP contribution in [-0.4, -0.2) is 15.9 Å². The molecule has 0 saturated heterocycles. The lowest BCUT2D eigenvalue weighted by Gasteiger charge is -2.05.